The first-order valence-corrected chi connectivity index (χ1v) is 9.64. The predicted octanol–water partition coefficient (Wildman–Crippen LogP) is 2.77. The van der Waals surface area contributed by atoms with E-state index in [1.165, 1.54) is 0 Å². The van der Waals surface area contributed by atoms with Crippen LogP contribution in [0.2, 0.25) is 0 Å². The minimum Gasteiger partial charge on any atom is -0.490 e. The van der Waals surface area contributed by atoms with Crippen molar-refractivity contribution in [3.05, 3.63) is 42.0 Å². The minimum atomic E-state index is -0.244. The molecule has 0 saturated carbocycles. The van der Waals surface area contributed by atoms with Crippen LogP contribution >= 0.6 is 12.2 Å². The van der Waals surface area contributed by atoms with E-state index in [2.05, 4.69) is 16.2 Å². The molecule has 0 spiro atoms. The van der Waals surface area contributed by atoms with Crippen LogP contribution in [0.3, 0.4) is 0 Å². The molecule has 1 heterocycles. The summed E-state index contributed by atoms with van der Waals surface area (Å²) >= 11 is 5.20. The highest BCUT2D eigenvalue weighted by molar-refractivity contribution is 7.80. The molecule has 154 valence electrons. The maximum atomic E-state index is 12.2. The van der Waals surface area contributed by atoms with Gasteiger partial charge in [0.2, 0.25) is 12.7 Å². The largest absolute Gasteiger partial charge is 0.490 e. The smallest absolute Gasteiger partial charge is 0.242 e. The summed E-state index contributed by atoms with van der Waals surface area (Å²) in [5, 5.41) is 3.22. The molecule has 3 N–H and O–H groups in total. The number of fused-ring (bicyclic) bond motifs is 1. The second-order valence-corrected chi connectivity index (χ2v) is 6.43. The molecule has 0 fully saturated rings. The van der Waals surface area contributed by atoms with Gasteiger partial charge in [0.25, 0.3) is 0 Å². The number of thiocarbonyl (C=S) groups is 1. The quantitative estimate of drug-likeness (QED) is 0.468. The zero-order chi connectivity index (χ0) is 20.6. The summed E-state index contributed by atoms with van der Waals surface area (Å²) in [6.45, 7) is 5.05. The average Bonchev–Trinajstić information content (AvgIpc) is 3.16. The number of nitrogens with one attached hydrogen (secondary N) is 3. The Morgan fingerprint density at radius 3 is 2.55 bits per heavy atom. The van der Waals surface area contributed by atoms with Crippen LogP contribution in [0.4, 0.5) is 5.69 Å². The first kappa shape index (κ1) is 20.5. The van der Waals surface area contributed by atoms with Gasteiger partial charge < -0.3 is 24.3 Å². The molecule has 1 amide bonds. The molecular weight excluding hydrogens is 394 g/mol. The Morgan fingerprint density at radius 2 is 1.76 bits per heavy atom. The number of amides is 1. The summed E-state index contributed by atoms with van der Waals surface area (Å²) in [5.41, 5.74) is 6.77. The van der Waals surface area contributed by atoms with Gasteiger partial charge in [-0.05, 0) is 55.9 Å². The molecule has 0 aliphatic carbocycles. The molecule has 2 aromatic rings. The van der Waals surface area contributed by atoms with Crippen LogP contribution in [-0.2, 0) is 11.2 Å². The number of carbonyl (C=O) groups excluding carboxylic acids is 1. The number of rotatable bonds is 7. The molecule has 0 bridgehead atoms. The van der Waals surface area contributed by atoms with Crippen molar-refractivity contribution in [2.24, 2.45) is 0 Å². The van der Waals surface area contributed by atoms with Crippen molar-refractivity contribution in [2.75, 3.05) is 25.3 Å². The highest BCUT2D eigenvalue weighted by Gasteiger charge is 2.14. The van der Waals surface area contributed by atoms with Crippen LogP contribution in [-0.4, -0.2) is 31.0 Å². The molecule has 9 heteroatoms. The van der Waals surface area contributed by atoms with E-state index in [4.69, 9.17) is 31.2 Å². The lowest BCUT2D eigenvalue weighted by Crippen LogP contribution is -2.44. The van der Waals surface area contributed by atoms with Gasteiger partial charge in [0.1, 0.15) is 0 Å². The Labute approximate surface area is 174 Å². The molecule has 1 aliphatic rings. The third kappa shape index (κ3) is 5.64. The molecule has 0 atom stereocenters. The molecule has 8 nitrogen and oxygen atoms in total. The Kier molecular flexibility index (Phi) is 6.96. The number of carbonyl (C=O) groups is 1. The van der Waals surface area contributed by atoms with Crippen molar-refractivity contribution in [1.82, 2.24) is 10.9 Å². The third-order valence-corrected chi connectivity index (χ3v) is 4.12. The van der Waals surface area contributed by atoms with Gasteiger partial charge in [-0.3, -0.25) is 15.6 Å². The molecule has 0 unspecified atom stereocenters. The predicted molar refractivity (Wildman–Crippen MR) is 113 cm³/mol. The first-order chi connectivity index (χ1) is 14.1. The van der Waals surface area contributed by atoms with Crippen LogP contribution < -0.4 is 35.1 Å². The molecule has 0 aromatic heterocycles. The van der Waals surface area contributed by atoms with Crippen LogP contribution in [0, 0.1) is 0 Å². The SMILES string of the molecule is CCOc1ccc(CC(=O)NNC(=S)Nc2ccc3c(c2)OCO3)cc1OCC. The molecule has 2 aromatic carbocycles. The zero-order valence-electron chi connectivity index (χ0n) is 16.2. The highest BCUT2D eigenvalue weighted by Crippen LogP contribution is 2.34. The van der Waals surface area contributed by atoms with Crippen molar-refractivity contribution in [1.29, 1.82) is 0 Å². The molecule has 1 aliphatic heterocycles. The minimum absolute atomic E-state index is 0.159. The van der Waals surface area contributed by atoms with E-state index >= 15 is 0 Å². The zero-order valence-corrected chi connectivity index (χ0v) is 17.1. The number of benzene rings is 2. The van der Waals surface area contributed by atoms with Gasteiger partial charge in [-0.25, -0.2) is 0 Å². The van der Waals surface area contributed by atoms with E-state index in [0.717, 1.165) is 5.56 Å². The normalized spacial score (nSPS) is 11.5. The maximum absolute atomic E-state index is 12.2. The lowest BCUT2D eigenvalue weighted by molar-refractivity contribution is -0.121. The van der Waals surface area contributed by atoms with E-state index in [9.17, 15) is 4.79 Å². The molecular formula is C20H23N3O5S. The number of hydrogen-bond acceptors (Lipinski definition) is 6. The van der Waals surface area contributed by atoms with Gasteiger partial charge in [0, 0.05) is 11.8 Å². The summed E-state index contributed by atoms with van der Waals surface area (Å²) < 4.78 is 21.7. The van der Waals surface area contributed by atoms with Crippen molar-refractivity contribution in [2.45, 2.75) is 20.3 Å². The van der Waals surface area contributed by atoms with E-state index in [1.807, 2.05) is 19.9 Å². The lowest BCUT2D eigenvalue weighted by Gasteiger charge is -2.14. The van der Waals surface area contributed by atoms with Gasteiger partial charge in [0.05, 0.1) is 19.6 Å². The maximum Gasteiger partial charge on any atom is 0.242 e. The fourth-order valence-corrected chi connectivity index (χ4v) is 2.87. The summed E-state index contributed by atoms with van der Waals surface area (Å²) in [6.07, 6.45) is 0.159. The van der Waals surface area contributed by atoms with E-state index < -0.39 is 0 Å². The van der Waals surface area contributed by atoms with Crippen LogP contribution in [0.25, 0.3) is 0 Å². The van der Waals surface area contributed by atoms with Crippen molar-refractivity contribution >= 4 is 28.9 Å². The van der Waals surface area contributed by atoms with Crippen LogP contribution in [0.15, 0.2) is 36.4 Å². The van der Waals surface area contributed by atoms with Gasteiger partial charge >= 0.3 is 0 Å². The van der Waals surface area contributed by atoms with Crippen molar-refractivity contribution in [3.63, 3.8) is 0 Å². The van der Waals surface area contributed by atoms with Crippen LogP contribution in [0.5, 0.6) is 23.0 Å². The molecule has 0 radical (unpaired) electrons. The fourth-order valence-electron chi connectivity index (χ4n) is 2.70. The second-order valence-electron chi connectivity index (χ2n) is 6.02. The lowest BCUT2D eigenvalue weighted by atomic mass is 10.1. The Morgan fingerprint density at radius 1 is 1.00 bits per heavy atom. The van der Waals surface area contributed by atoms with Crippen molar-refractivity contribution in [3.8, 4) is 23.0 Å². The Balaban J connectivity index is 1.50. The van der Waals surface area contributed by atoms with E-state index in [0.29, 0.717) is 41.9 Å². The number of anilines is 1. The Hall–Kier alpha value is -3.20. The highest BCUT2D eigenvalue weighted by atomic mass is 32.1. The topological polar surface area (TPSA) is 90.1 Å². The van der Waals surface area contributed by atoms with Gasteiger partial charge in [-0.2, -0.15) is 0 Å². The fraction of sp³-hybridized carbons (Fsp3) is 0.300. The average molecular weight is 417 g/mol. The summed E-state index contributed by atoms with van der Waals surface area (Å²) in [4.78, 5) is 12.2. The molecule has 3 rings (SSSR count). The van der Waals surface area contributed by atoms with Gasteiger partial charge in [-0.1, -0.05) is 6.07 Å². The third-order valence-electron chi connectivity index (χ3n) is 3.92. The standard InChI is InChI=1S/C20H23N3O5S/c1-3-25-15-7-5-13(9-17(15)26-4-2)10-19(24)22-23-20(29)21-14-6-8-16-18(11-14)28-12-27-16/h5-9,11H,3-4,10,12H2,1-2H3,(H,22,24)(H2,21,23,29). The monoisotopic (exact) mass is 417 g/mol. The number of ether oxygens (including phenoxy) is 4. The van der Waals surface area contributed by atoms with Crippen LogP contribution in [0.1, 0.15) is 19.4 Å². The summed E-state index contributed by atoms with van der Waals surface area (Å²) in [6, 6.07) is 10.8. The second kappa shape index (κ2) is 9.83. The van der Waals surface area contributed by atoms with Gasteiger partial charge in [0.15, 0.2) is 28.1 Å². The summed E-state index contributed by atoms with van der Waals surface area (Å²) in [7, 11) is 0. The number of hydrazine groups is 1. The van der Waals surface area contributed by atoms with E-state index in [1.54, 1.807) is 30.3 Å². The van der Waals surface area contributed by atoms with E-state index in [-0.39, 0.29) is 24.2 Å². The first-order valence-electron chi connectivity index (χ1n) is 9.23. The molecule has 0 saturated heterocycles. The van der Waals surface area contributed by atoms with Crippen molar-refractivity contribution < 1.29 is 23.7 Å². The summed E-state index contributed by atoms with van der Waals surface area (Å²) in [5.74, 6) is 2.36. The Bertz CT molecular complexity index is 890. The van der Waals surface area contributed by atoms with Gasteiger partial charge in [-0.15, -0.1) is 0 Å². The number of hydrogen-bond donors (Lipinski definition) is 3. The molecule has 29 heavy (non-hydrogen) atoms.